The minimum Gasteiger partial charge on any atom is -0.356 e. The number of para-hydroxylation sites is 2. The van der Waals surface area contributed by atoms with Crippen LogP contribution in [0.5, 0.6) is 0 Å². The number of nitrogens with one attached hydrogen (secondary N) is 1. The van der Waals surface area contributed by atoms with E-state index in [9.17, 15) is 4.79 Å². The predicted octanol–water partition coefficient (Wildman–Crippen LogP) is 2.15. The monoisotopic (exact) mass is 348 g/mol. The van der Waals surface area contributed by atoms with Crippen LogP contribution in [0.1, 0.15) is 12.8 Å². The summed E-state index contributed by atoms with van der Waals surface area (Å²) in [6.45, 7) is 2.42. The van der Waals surface area contributed by atoms with Gasteiger partial charge in [0.25, 0.3) is 0 Å². The summed E-state index contributed by atoms with van der Waals surface area (Å²) in [5.41, 5.74) is 2.60. The minimum atomic E-state index is -0.150. The number of aromatic nitrogens is 5. The fourth-order valence-corrected chi connectivity index (χ4v) is 2.64. The third-order valence-corrected chi connectivity index (χ3v) is 3.86. The van der Waals surface area contributed by atoms with Gasteiger partial charge in [-0.25, -0.2) is 9.97 Å². The molecule has 130 valence electrons. The molecule has 0 atom stereocenters. The summed E-state index contributed by atoms with van der Waals surface area (Å²) < 4.78 is 7.04. The van der Waals surface area contributed by atoms with Gasteiger partial charge in [-0.05, 0) is 31.2 Å². The maximum absolute atomic E-state index is 11.6. The van der Waals surface area contributed by atoms with Crippen molar-refractivity contribution in [2.24, 2.45) is 0 Å². The van der Waals surface area contributed by atoms with Gasteiger partial charge in [-0.15, -0.1) is 0 Å². The number of likely N-dealkylation sites (N-methyl/N-ethyl adjacent to an activating group) is 1. The largest absolute Gasteiger partial charge is 0.356 e. The van der Waals surface area contributed by atoms with E-state index in [1.54, 1.807) is 12.5 Å². The van der Waals surface area contributed by atoms with E-state index in [2.05, 4.69) is 25.4 Å². The highest BCUT2D eigenvalue weighted by Gasteiger charge is 2.13. The summed E-state index contributed by atoms with van der Waals surface area (Å²) in [6, 6.07) is 11.6. The SMILES string of the molecule is CCNC(=O)Cc1nc(-c2ccc(-n3cnc4ccccc43)nc2)no1. The molecule has 4 rings (SSSR count). The third-order valence-electron chi connectivity index (χ3n) is 3.86. The smallest absolute Gasteiger partial charge is 0.236 e. The molecule has 0 aliphatic heterocycles. The number of hydrogen-bond acceptors (Lipinski definition) is 6. The summed E-state index contributed by atoms with van der Waals surface area (Å²) in [4.78, 5) is 24.7. The molecule has 1 amide bonds. The number of fused-ring (bicyclic) bond motifs is 1. The summed E-state index contributed by atoms with van der Waals surface area (Å²) >= 11 is 0. The van der Waals surface area contributed by atoms with Crippen molar-refractivity contribution in [1.29, 1.82) is 0 Å². The van der Waals surface area contributed by atoms with Gasteiger partial charge in [-0.1, -0.05) is 17.3 Å². The van der Waals surface area contributed by atoms with Crippen LogP contribution < -0.4 is 5.32 Å². The zero-order valence-electron chi connectivity index (χ0n) is 14.1. The van der Waals surface area contributed by atoms with Gasteiger partial charge in [0.05, 0.1) is 11.0 Å². The van der Waals surface area contributed by atoms with Gasteiger partial charge >= 0.3 is 0 Å². The Kier molecular flexibility index (Phi) is 4.14. The molecule has 1 N–H and O–H groups in total. The Hall–Kier alpha value is -3.55. The Morgan fingerprint density at radius 3 is 2.88 bits per heavy atom. The summed E-state index contributed by atoms with van der Waals surface area (Å²) in [5.74, 6) is 1.27. The molecule has 0 aliphatic carbocycles. The lowest BCUT2D eigenvalue weighted by Gasteiger charge is -2.03. The lowest BCUT2D eigenvalue weighted by molar-refractivity contribution is -0.120. The van der Waals surface area contributed by atoms with E-state index in [1.807, 2.05) is 47.9 Å². The van der Waals surface area contributed by atoms with Crippen LogP contribution in [-0.4, -0.2) is 37.1 Å². The first-order valence-electron chi connectivity index (χ1n) is 8.23. The molecule has 0 radical (unpaired) electrons. The normalized spacial score (nSPS) is 11.0. The number of carbonyl (C=O) groups excluding carboxylic acids is 1. The zero-order valence-corrected chi connectivity index (χ0v) is 14.1. The van der Waals surface area contributed by atoms with Gasteiger partial charge in [-0.2, -0.15) is 4.98 Å². The number of hydrogen-bond donors (Lipinski definition) is 1. The minimum absolute atomic E-state index is 0.0629. The number of imidazole rings is 1. The van der Waals surface area contributed by atoms with E-state index in [1.165, 1.54) is 0 Å². The van der Waals surface area contributed by atoms with E-state index < -0.39 is 0 Å². The fourth-order valence-electron chi connectivity index (χ4n) is 2.64. The molecule has 8 nitrogen and oxygen atoms in total. The van der Waals surface area contributed by atoms with Crippen molar-refractivity contribution >= 4 is 16.9 Å². The Bertz CT molecular complexity index is 1050. The average Bonchev–Trinajstić information content (AvgIpc) is 3.29. The highest BCUT2D eigenvalue weighted by molar-refractivity contribution is 5.78. The molecule has 0 saturated carbocycles. The second-order valence-corrected chi connectivity index (χ2v) is 5.65. The number of carbonyl (C=O) groups is 1. The first-order chi connectivity index (χ1) is 12.7. The summed E-state index contributed by atoms with van der Waals surface area (Å²) in [6.07, 6.45) is 3.48. The molecule has 0 saturated heterocycles. The van der Waals surface area contributed by atoms with Crippen LogP contribution in [0.4, 0.5) is 0 Å². The quantitative estimate of drug-likeness (QED) is 0.593. The Labute approximate surface area is 148 Å². The average molecular weight is 348 g/mol. The highest BCUT2D eigenvalue weighted by Crippen LogP contribution is 2.19. The van der Waals surface area contributed by atoms with Gasteiger partial charge in [0, 0.05) is 18.3 Å². The lowest BCUT2D eigenvalue weighted by atomic mass is 10.2. The van der Waals surface area contributed by atoms with E-state index in [0.29, 0.717) is 17.9 Å². The Balaban J connectivity index is 1.57. The van der Waals surface area contributed by atoms with Crippen molar-refractivity contribution in [3.8, 4) is 17.2 Å². The van der Waals surface area contributed by atoms with Crippen molar-refractivity contribution in [3.63, 3.8) is 0 Å². The maximum Gasteiger partial charge on any atom is 0.236 e. The molecule has 0 aliphatic rings. The molecule has 8 heteroatoms. The lowest BCUT2D eigenvalue weighted by Crippen LogP contribution is -2.24. The van der Waals surface area contributed by atoms with Crippen LogP contribution in [0.25, 0.3) is 28.2 Å². The fraction of sp³-hybridized carbons (Fsp3) is 0.167. The maximum atomic E-state index is 11.6. The van der Waals surface area contributed by atoms with E-state index >= 15 is 0 Å². The van der Waals surface area contributed by atoms with Crippen LogP contribution in [-0.2, 0) is 11.2 Å². The second-order valence-electron chi connectivity index (χ2n) is 5.65. The van der Waals surface area contributed by atoms with Gasteiger partial charge in [0.1, 0.15) is 18.6 Å². The van der Waals surface area contributed by atoms with E-state index in [0.717, 1.165) is 16.9 Å². The number of amides is 1. The predicted molar refractivity (Wildman–Crippen MR) is 94.5 cm³/mol. The van der Waals surface area contributed by atoms with Gasteiger partial charge in [0.2, 0.25) is 17.6 Å². The number of rotatable bonds is 5. The molecule has 3 aromatic heterocycles. The first-order valence-corrected chi connectivity index (χ1v) is 8.23. The van der Waals surface area contributed by atoms with Crippen LogP contribution in [0.15, 0.2) is 53.4 Å². The Morgan fingerprint density at radius 2 is 2.08 bits per heavy atom. The molecule has 1 aromatic carbocycles. The molecule has 0 fully saturated rings. The summed E-state index contributed by atoms with van der Waals surface area (Å²) in [5, 5.41) is 6.61. The third kappa shape index (κ3) is 3.04. The topological polar surface area (TPSA) is 98.7 Å². The standard InChI is InChI=1S/C18H16N6O2/c1-2-19-16(25)9-17-22-18(23-26-17)12-7-8-15(20-10-12)24-11-21-13-5-3-4-6-14(13)24/h3-8,10-11H,2,9H2,1H3,(H,19,25). The van der Waals surface area contributed by atoms with Crippen LogP contribution >= 0.6 is 0 Å². The summed E-state index contributed by atoms with van der Waals surface area (Å²) in [7, 11) is 0. The first kappa shape index (κ1) is 15.9. The van der Waals surface area contributed by atoms with Crippen molar-refractivity contribution < 1.29 is 9.32 Å². The van der Waals surface area contributed by atoms with Crippen molar-refractivity contribution in [3.05, 3.63) is 54.8 Å². The van der Waals surface area contributed by atoms with Gasteiger partial charge < -0.3 is 9.84 Å². The Morgan fingerprint density at radius 1 is 1.19 bits per heavy atom. The van der Waals surface area contributed by atoms with Crippen LogP contribution in [0.2, 0.25) is 0 Å². The molecule has 0 spiro atoms. The molecule has 26 heavy (non-hydrogen) atoms. The van der Waals surface area contributed by atoms with E-state index in [-0.39, 0.29) is 18.2 Å². The highest BCUT2D eigenvalue weighted by atomic mass is 16.5. The van der Waals surface area contributed by atoms with E-state index in [4.69, 9.17) is 4.52 Å². The van der Waals surface area contributed by atoms with Crippen LogP contribution in [0, 0.1) is 0 Å². The van der Waals surface area contributed by atoms with Crippen LogP contribution in [0.3, 0.4) is 0 Å². The molecule has 3 heterocycles. The molecular formula is C18H16N6O2. The number of nitrogens with zero attached hydrogens (tertiary/aromatic N) is 5. The zero-order chi connectivity index (χ0) is 17.9. The molecule has 0 unspecified atom stereocenters. The molecule has 4 aromatic rings. The second kappa shape index (κ2) is 6.75. The van der Waals surface area contributed by atoms with Gasteiger partial charge in [-0.3, -0.25) is 9.36 Å². The molecular weight excluding hydrogens is 332 g/mol. The van der Waals surface area contributed by atoms with Crippen molar-refractivity contribution in [2.75, 3.05) is 6.54 Å². The van der Waals surface area contributed by atoms with Crippen molar-refractivity contribution in [1.82, 2.24) is 30.0 Å². The van der Waals surface area contributed by atoms with Crippen molar-refractivity contribution in [2.45, 2.75) is 13.3 Å². The number of pyridine rings is 1. The molecule has 0 bridgehead atoms. The number of benzene rings is 1. The van der Waals surface area contributed by atoms with Gasteiger partial charge in [0.15, 0.2) is 0 Å².